The molecule has 0 aromatic heterocycles. The van der Waals surface area contributed by atoms with E-state index in [4.69, 9.17) is 5.73 Å². The van der Waals surface area contributed by atoms with Gasteiger partial charge in [0.1, 0.15) is 5.82 Å². The van der Waals surface area contributed by atoms with Crippen LogP contribution in [0.4, 0.5) is 8.78 Å². The average Bonchev–Trinajstić information content (AvgIpc) is 2.21. The van der Waals surface area contributed by atoms with E-state index in [1.54, 1.807) is 6.08 Å². The molecule has 2 nitrogen and oxygen atoms in total. The maximum absolute atomic E-state index is 13.3. The first-order valence-electron chi connectivity index (χ1n) is 4.61. The fourth-order valence-electron chi connectivity index (χ4n) is 1.35. The smallest absolute Gasteiger partial charge is 0.165 e. The lowest BCUT2D eigenvalue weighted by Gasteiger charge is -2.13. The number of rotatable bonds is 4. The van der Waals surface area contributed by atoms with Gasteiger partial charge in [-0.25, -0.2) is 8.78 Å². The van der Waals surface area contributed by atoms with Gasteiger partial charge in [-0.05, 0) is 25.0 Å². The lowest BCUT2D eigenvalue weighted by Crippen LogP contribution is -2.12. The Morgan fingerprint density at radius 1 is 1.38 bits per heavy atom. The first-order chi connectivity index (χ1) is 7.07. The maximum Gasteiger partial charge on any atom is 0.165 e. The number of halogens is 3. The fraction of sp³-hybridized carbons (Fsp3) is 0.273. The molecule has 3 N–H and O–H groups in total. The summed E-state index contributed by atoms with van der Waals surface area (Å²) in [4.78, 5) is 0. The number of allylic oxidation sites excluding steroid dienone is 1. The Morgan fingerprint density at radius 3 is 2.50 bits per heavy atom. The third kappa shape index (κ3) is 3.18. The van der Waals surface area contributed by atoms with E-state index in [-0.39, 0.29) is 18.0 Å². The number of aromatic hydroxyl groups is 1. The van der Waals surface area contributed by atoms with Crippen LogP contribution in [0.5, 0.6) is 5.75 Å². The van der Waals surface area contributed by atoms with E-state index in [1.807, 2.05) is 0 Å². The molecule has 0 radical (unpaired) electrons. The zero-order chi connectivity index (χ0) is 11.4. The molecule has 0 aliphatic rings. The van der Waals surface area contributed by atoms with Gasteiger partial charge in [0.2, 0.25) is 0 Å². The van der Waals surface area contributed by atoms with E-state index in [9.17, 15) is 13.9 Å². The van der Waals surface area contributed by atoms with Crippen LogP contribution in [0.15, 0.2) is 24.8 Å². The van der Waals surface area contributed by atoms with Crippen LogP contribution >= 0.6 is 12.4 Å². The van der Waals surface area contributed by atoms with Crippen LogP contribution in [0.3, 0.4) is 0 Å². The van der Waals surface area contributed by atoms with Crippen molar-refractivity contribution in [3.8, 4) is 5.75 Å². The van der Waals surface area contributed by atoms with E-state index in [1.165, 1.54) is 0 Å². The van der Waals surface area contributed by atoms with E-state index in [0.29, 0.717) is 12.8 Å². The minimum Gasteiger partial charge on any atom is -0.505 e. The summed E-state index contributed by atoms with van der Waals surface area (Å²) in [6.07, 6.45) is 2.63. The molecule has 0 aliphatic heterocycles. The summed E-state index contributed by atoms with van der Waals surface area (Å²) in [7, 11) is 0. The SMILES string of the molecule is C=CCC[C@H](N)c1c(F)ccc(F)c1O.Cl. The summed E-state index contributed by atoms with van der Waals surface area (Å²) in [5.41, 5.74) is 5.47. The highest BCUT2D eigenvalue weighted by molar-refractivity contribution is 5.85. The Hall–Kier alpha value is -1.13. The molecule has 1 rings (SSSR count). The Morgan fingerprint density at radius 2 is 1.94 bits per heavy atom. The van der Waals surface area contributed by atoms with Gasteiger partial charge in [-0.15, -0.1) is 19.0 Å². The van der Waals surface area contributed by atoms with Crippen LogP contribution in [-0.4, -0.2) is 5.11 Å². The minimum atomic E-state index is -0.861. The standard InChI is InChI=1S/C11H13F2NO.ClH/c1-2-3-4-9(14)10-7(12)5-6-8(13)11(10)15;/h2,5-6,9,15H,1,3-4,14H2;1H/t9-;/m0./s1. The third-order valence-electron chi connectivity index (χ3n) is 2.17. The number of hydrogen-bond donors (Lipinski definition) is 2. The molecule has 0 amide bonds. The minimum absolute atomic E-state index is 0. The average molecular weight is 250 g/mol. The van der Waals surface area contributed by atoms with Gasteiger partial charge in [-0.1, -0.05) is 6.08 Å². The van der Waals surface area contributed by atoms with Gasteiger partial charge in [-0.2, -0.15) is 0 Å². The number of phenolic OH excluding ortho intramolecular Hbond substituents is 1. The van der Waals surface area contributed by atoms with E-state index in [0.717, 1.165) is 12.1 Å². The Labute approximate surface area is 99.2 Å². The van der Waals surface area contributed by atoms with E-state index < -0.39 is 23.4 Å². The van der Waals surface area contributed by atoms with Crippen LogP contribution in [0.2, 0.25) is 0 Å². The third-order valence-corrected chi connectivity index (χ3v) is 2.17. The number of phenols is 1. The lowest BCUT2D eigenvalue weighted by molar-refractivity contribution is 0.408. The first kappa shape index (κ1) is 14.9. The lowest BCUT2D eigenvalue weighted by atomic mass is 10.0. The first-order valence-corrected chi connectivity index (χ1v) is 4.61. The molecule has 0 spiro atoms. The predicted octanol–water partition coefficient (Wildman–Crippen LogP) is 3.06. The molecule has 0 saturated carbocycles. The normalized spacial score (nSPS) is 11.7. The molecule has 1 aromatic rings. The Bertz CT molecular complexity index is 371. The van der Waals surface area contributed by atoms with Crippen LogP contribution in [0.1, 0.15) is 24.4 Å². The molecule has 0 unspecified atom stereocenters. The highest BCUT2D eigenvalue weighted by atomic mass is 35.5. The zero-order valence-corrected chi connectivity index (χ0v) is 9.44. The summed E-state index contributed by atoms with van der Waals surface area (Å²) in [5.74, 6) is -2.25. The van der Waals surface area contributed by atoms with Crippen molar-refractivity contribution in [1.29, 1.82) is 0 Å². The Kier molecular flexibility index (Phi) is 6.00. The van der Waals surface area contributed by atoms with Crippen molar-refractivity contribution in [3.05, 3.63) is 42.0 Å². The maximum atomic E-state index is 13.3. The number of nitrogens with two attached hydrogens (primary N) is 1. The van der Waals surface area contributed by atoms with Crippen molar-refractivity contribution < 1.29 is 13.9 Å². The topological polar surface area (TPSA) is 46.2 Å². The molecule has 0 bridgehead atoms. The van der Waals surface area contributed by atoms with Gasteiger partial charge < -0.3 is 10.8 Å². The van der Waals surface area contributed by atoms with Crippen molar-refractivity contribution in [3.63, 3.8) is 0 Å². The van der Waals surface area contributed by atoms with Crippen molar-refractivity contribution in [1.82, 2.24) is 0 Å². The second-order valence-corrected chi connectivity index (χ2v) is 3.26. The summed E-state index contributed by atoms with van der Waals surface area (Å²) < 4.78 is 26.2. The monoisotopic (exact) mass is 249 g/mol. The highest BCUT2D eigenvalue weighted by Crippen LogP contribution is 2.30. The van der Waals surface area contributed by atoms with Crippen LogP contribution in [-0.2, 0) is 0 Å². The van der Waals surface area contributed by atoms with Crippen molar-refractivity contribution in [2.45, 2.75) is 18.9 Å². The van der Waals surface area contributed by atoms with E-state index in [2.05, 4.69) is 6.58 Å². The summed E-state index contributed by atoms with van der Waals surface area (Å²) in [6, 6.07) is 1.10. The van der Waals surface area contributed by atoms with Crippen LogP contribution in [0.25, 0.3) is 0 Å². The molecule has 1 atom stereocenters. The van der Waals surface area contributed by atoms with Gasteiger partial charge in [0.25, 0.3) is 0 Å². The van der Waals surface area contributed by atoms with Gasteiger partial charge in [0.05, 0.1) is 0 Å². The number of benzene rings is 1. The highest BCUT2D eigenvalue weighted by Gasteiger charge is 2.18. The quantitative estimate of drug-likeness (QED) is 0.806. The number of hydrogen-bond acceptors (Lipinski definition) is 2. The van der Waals surface area contributed by atoms with Gasteiger partial charge in [0.15, 0.2) is 11.6 Å². The van der Waals surface area contributed by atoms with Crippen LogP contribution in [0, 0.1) is 11.6 Å². The molecule has 5 heteroatoms. The second kappa shape index (κ2) is 6.45. The zero-order valence-electron chi connectivity index (χ0n) is 8.62. The molecule has 0 aliphatic carbocycles. The Balaban J connectivity index is 0.00000225. The second-order valence-electron chi connectivity index (χ2n) is 3.26. The molecule has 16 heavy (non-hydrogen) atoms. The molecular formula is C11H14ClF2NO. The summed E-state index contributed by atoms with van der Waals surface area (Å²) in [5, 5.41) is 9.33. The molecule has 0 fully saturated rings. The van der Waals surface area contributed by atoms with Gasteiger partial charge >= 0.3 is 0 Å². The van der Waals surface area contributed by atoms with Crippen molar-refractivity contribution in [2.75, 3.05) is 0 Å². The molecular weight excluding hydrogens is 236 g/mol. The molecule has 0 saturated heterocycles. The van der Waals surface area contributed by atoms with Crippen molar-refractivity contribution in [2.24, 2.45) is 5.73 Å². The predicted molar refractivity (Wildman–Crippen MR) is 61.6 cm³/mol. The summed E-state index contributed by atoms with van der Waals surface area (Å²) >= 11 is 0. The van der Waals surface area contributed by atoms with Gasteiger partial charge in [0, 0.05) is 11.6 Å². The fourth-order valence-corrected chi connectivity index (χ4v) is 1.35. The van der Waals surface area contributed by atoms with E-state index >= 15 is 0 Å². The van der Waals surface area contributed by atoms with Crippen LogP contribution < -0.4 is 5.73 Å². The molecule has 90 valence electrons. The molecule has 1 aromatic carbocycles. The summed E-state index contributed by atoms with van der Waals surface area (Å²) in [6.45, 7) is 3.50. The molecule has 0 heterocycles. The largest absolute Gasteiger partial charge is 0.505 e. The van der Waals surface area contributed by atoms with Gasteiger partial charge in [-0.3, -0.25) is 0 Å². The van der Waals surface area contributed by atoms with Crippen molar-refractivity contribution >= 4 is 12.4 Å².